The molecular formula is C103H113ClN10O16. The fourth-order valence-corrected chi connectivity index (χ4v) is 15.3. The van der Waals surface area contributed by atoms with Crippen molar-refractivity contribution in [2.75, 3.05) is 62.0 Å². The van der Waals surface area contributed by atoms with E-state index in [0.29, 0.717) is 24.6 Å². The Kier molecular flexibility index (Phi) is 40.5. The third-order valence-corrected chi connectivity index (χ3v) is 20.9. The summed E-state index contributed by atoms with van der Waals surface area (Å²) in [7, 11) is 1.00. The summed E-state index contributed by atoms with van der Waals surface area (Å²) < 4.78 is 13.0. The van der Waals surface area contributed by atoms with Crippen LogP contribution in [-0.4, -0.2) is 81.8 Å². The number of hydrogen-bond acceptors (Lipinski definition) is 19. The highest BCUT2D eigenvalue weighted by Crippen LogP contribution is 2.42. The standard InChI is InChI=1S/C17H18N2O2.C16H14N2O3.C16H16N2O.C16H15NO.2C14H13N.C4H6O3.C3H5ClO2.CH4O.2CH4.HNO3/c1-2-21-17(20)18-14-10-9-13-8-7-12-5-3-4-6-15(12)19-16(13)11-14;1-11(19)17-15-5-3-2-4-12(15)6-7-13-8-9-14(18(20)21)10-16(13)17;1-11(19)18-15-5-3-2-4-12(15)6-7-13-8-9-14(17)10-16(13)18;1-12(18)17-15-8-4-2-6-13(15)10-11-14-7-3-5-9-16(14)17;2*1-3-7-13-11(5-1)9-10-12-6-2-4-8-14(12)15-13;1-3(5)7-4(2)6;1-2-6-3(4)5;1-2;;;2-1(3)4/h3-6,9-11,19H,2,7-8H2,1H3,(H,18,20);2-5,8-10H,6-7H2,1H3;2-5,8-10H,6-7,17H2,1H3;2-9H,10-11H2,1H3;2*1-8,15H,9-10H2;1-2H3;2H2,1H3;2H,1H3;2*1H4;(H,2,3,4). The number of aryl methyl sites for hydroxylation is 12. The van der Waals surface area contributed by atoms with Gasteiger partial charge < -0.3 is 46.2 Å². The van der Waals surface area contributed by atoms with Crippen molar-refractivity contribution in [3.8, 4) is 0 Å². The second-order valence-corrected chi connectivity index (χ2v) is 29.7. The van der Waals surface area contributed by atoms with Crippen molar-refractivity contribution in [3.05, 3.63) is 360 Å². The predicted octanol–water partition coefficient (Wildman–Crippen LogP) is 23.1. The van der Waals surface area contributed by atoms with E-state index >= 15 is 0 Å². The van der Waals surface area contributed by atoms with Crippen LogP contribution in [-0.2, 0) is 115 Å². The molecule has 18 rings (SSSR count). The van der Waals surface area contributed by atoms with E-state index in [1.807, 2.05) is 120 Å². The number of amides is 4. The lowest BCUT2D eigenvalue weighted by atomic mass is 10.0. The normalized spacial score (nSPS) is 12.0. The number of esters is 2. The molecule has 0 unspecified atom stereocenters. The van der Waals surface area contributed by atoms with Gasteiger partial charge in [0.1, 0.15) is 0 Å². The molecule has 27 heteroatoms. The second kappa shape index (κ2) is 51.6. The van der Waals surface area contributed by atoms with Crippen molar-refractivity contribution in [1.82, 2.24) is 0 Å². The van der Waals surface area contributed by atoms with Gasteiger partial charge in [0.25, 0.3) is 10.8 Å². The fraction of sp³-hybridized carbons (Fsp3) is 0.233. The highest BCUT2D eigenvalue weighted by atomic mass is 35.5. The molecule has 0 aliphatic carbocycles. The zero-order valence-corrected chi connectivity index (χ0v) is 73.4. The first-order chi connectivity index (χ1) is 61.8. The molecule has 0 radical (unpaired) electrons. The van der Waals surface area contributed by atoms with Crippen LogP contribution in [0, 0.1) is 20.2 Å². The molecule has 12 aromatic rings. The van der Waals surface area contributed by atoms with E-state index in [4.69, 9.17) is 42.5 Å². The molecule has 8 N–H and O–H groups in total. The maximum absolute atomic E-state index is 12.1. The molecule has 0 bridgehead atoms. The number of nitro groups is 1. The molecule has 4 amide bonds. The van der Waals surface area contributed by atoms with E-state index < -0.39 is 33.5 Å². The Labute approximate surface area is 764 Å². The number of nitrogen functional groups attached to an aromatic ring is 1. The number of nitro benzene ring substituents is 1. The van der Waals surface area contributed by atoms with Gasteiger partial charge in [-0.2, -0.15) is 0 Å². The third-order valence-electron chi connectivity index (χ3n) is 20.8. The third kappa shape index (κ3) is 29.5. The smallest absolute Gasteiger partial charge is 0.411 e. The van der Waals surface area contributed by atoms with Crippen molar-refractivity contribution >= 4 is 138 Å². The monoisotopic (exact) mass is 1780 g/mol. The van der Waals surface area contributed by atoms with E-state index in [0.717, 1.165) is 141 Å². The van der Waals surface area contributed by atoms with E-state index in [9.17, 15) is 43.7 Å². The summed E-state index contributed by atoms with van der Waals surface area (Å²) in [4.78, 5) is 101. The first kappa shape index (κ1) is 102. The summed E-state index contributed by atoms with van der Waals surface area (Å²) in [6.07, 6.45) is 11.5. The van der Waals surface area contributed by atoms with Gasteiger partial charge in [-0.05, 0) is 237 Å². The summed E-state index contributed by atoms with van der Waals surface area (Å²) in [5, 5.41) is 44.8. The summed E-state index contributed by atoms with van der Waals surface area (Å²) in [6.45, 7) is 11.3. The number of nitrogens with zero attached hydrogens (tertiary/aromatic N) is 5. The number of hydrogen-bond donors (Lipinski definition) is 7. The maximum Gasteiger partial charge on any atom is 0.411 e. The molecule has 0 fully saturated rings. The van der Waals surface area contributed by atoms with E-state index in [-0.39, 0.29) is 38.3 Å². The van der Waals surface area contributed by atoms with E-state index in [1.54, 1.807) is 43.6 Å². The Morgan fingerprint density at radius 2 is 0.623 bits per heavy atom. The number of aliphatic hydroxyl groups excluding tert-OH is 1. The van der Waals surface area contributed by atoms with Crippen LogP contribution in [0.3, 0.4) is 0 Å². The Morgan fingerprint density at radius 3 is 0.908 bits per heavy atom. The number of anilines is 14. The Morgan fingerprint density at radius 1 is 0.369 bits per heavy atom. The molecule has 678 valence electrons. The Bertz CT molecular complexity index is 5640. The molecule has 6 aliphatic rings. The van der Waals surface area contributed by atoms with Crippen LogP contribution in [0.5, 0.6) is 0 Å². The maximum atomic E-state index is 12.1. The van der Waals surface area contributed by atoms with Gasteiger partial charge in [-0.1, -0.05) is 197 Å². The number of carbonyl (C=O) groups excluding carboxylic acids is 7. The van der Waals surface area contributed by atoms with Gasteiger partial charge in [-0.25, -0.2) is 9.59 Å². The summed E-state index contributed by atoms with van der Waals surface area (Å²) in [5.74, 6) is -1.19. The quantitative estimate of drug-likeness (QED) is 0.0164. The van der Waals surface area contributed by atoms with Gasteiger partial charge in [0, 0.05) is 111 Å². The van der Waals surface area contributed by atoms with Crippen LogP contribution in [0.15, 0.2) is 273 Å². The number of aliphatic hydroxyl groups is 1. The first-order valence-electron chi connectivity index (χ1n) is 41.7. The van der Waals surface area contributed by atoms with Crippen LogP contribution in [0.2, 0.25) is 0 Å². The van der Waals surface area contributed by atoms with Gasteiger partial charge in [0.15, 0.2) is 0 Å². The molecule has 0 saturated carbocycles. The van der Waals surface area contributed by atoms with Gasteiger partial charge in [0.05, 0.1) is 52.3 Å². The minimum absolute atomic E-state index is 0. The number of fused-ring (bicyclic) bond motifs is 12. The number of non-ortho nitro benzene ring substituents is 1. The lowest BCUT2D eigenvalue weighted by Gasteiger charge is -2.23. The highest BCUT2D eigenvalue weighted by molar-refractivity contribution is 6.61. The fourth-order valence-electron chi connectivity index (χ4n) is 15.2. The van der Waals surface area contributed by atoms with Crippen LogP contribution in [0.4, 0.5) is 94.9 Å². The Hall–Kier alpha value is -15.0. The second-order valence-electron chi connectivity index (χ2n) is 29.4. The predicted molar refractivity (Wildman–Crippen MR) is 517 cm³/mol. The number of ether oxygens (including phenoxy) is 3. The van der Waals surface area contributed by atoms with Crippen molar-refractivity contribution in [2.45, 2.75) is 140 Å². The number of halogens is 1. The number of benzene rings is 12. The molecule has 0 aromatic heterocycles. The lowest BCUT2D eigenvalue weighted by molar-refractivity contribution is -0.742. The number of rotatable bonds is 4. The zero-order chi connectivity index (χ0) is 92.2. The van der Waals surface area contributed by atoms with Crippen molar-refractivity contribution < 1.29 is 68.1 Å². The first-order valence-corrected chi connectivity index (χ1v) is 42.1. The molecule has 6 aliphatic heterocycles. The molecule has 26 nitrogen and oxygen atoms in total. The summed E-state index contributed by atoms with van der Waals surface area (Å²) >= 11 is 4.72. The van der Waals surface area contributed by atoms with Gasteiger partial charge >= 0.3 is 23.5 Å². The number of nitrogens with two attached hydrogens (primary N) is 1. The highest BCUT2D eigenvalue weighted by Gasteiger charge is 2.28. The Balaban J connectivity index is 0.000000205. The van der Waals surface area contributed by atoms with Crippen LogP contribution in [0.1, 0.15) is 130 Å². The molecule has 6 heterocycles. The average Bonchev–Trinajstić information content (AvgIpc) is 1.64. The largest absolute Gasteiger partial charge is 0.454 e. The molecule has 12 aromatic carbocycles. The minimum Gasteiger partial charge on any atom is -0.454 e. The van der Waals surface area contributed by atoms with Crippen molar-refractivity contribution in [3.63, 3.8) is 0 Å². The zero-order valence-electron chi connectivity index (χ0n) is 72.7. The molecular weight excluding hydrogens is 1670 g/mol. The van der Waals surface area contributed by atoms with E-state index in [2.05, 4.69) is 170 Å². The van der Waals surface area contributed by atoms with E-state index in [1.165, 1.54) is 111 Å². The molecule has 0 saturated heterocycles. The number of para-hydroxylation sites is 9. The van der Waals surface area contributed by atoms with Crippen molar-refractivity contribution in [1.29, 1.82) is 0 Å². The topological polar surface area (TPSA) is 358 Å². The van der Waals surface area contributed by atoms with Crippen molar-refractivity contribution in [2.24, 2.45) is 0 Å². The number of nitrogens with one attached hydrogen (secondary N) is 4. The van der Waals surface area contributed by atoms with Crippen LogP contribution >= 0.6 is 11.6 Å². The number of carbonyl (C=O) groups is 7. The summed E-state index contributed by atoms with van der Waals surface area (Å²) in [5.41, 5.74) is 34.2. The minimum atomic E-state index is -1.50. The van der Waals surface area contributed by atoms with Gasteiger partial charge in [0.2, 0.25) is 17.7 Å². The molecule has 0 atom stereocenters. The van der Waals surface area contributed by atoms with Crippen LogP contribution < -0.4 is 41.7 Å². The molecule has 130 heavy (non-hydrogen) atoms. The summed E-state index contributed by atoms with van der Waals surface area (Å²) in [6, 6.07) is 91.0. The van der Waals surface area contributed by atoms with Crippen LogP contribution in [0.25, 0.3) is 0 Å². The van der Waals surface area contributed by atoms with Gasteiger partial charge in [-0.3, -0.25) is 54.1 Å². The SMILES string of the molecule is C.C.CC(=O)N1c2ccccc2CCc2ccc(N)cc21.CC(=O)N1c2ccccc2CCc2ccc([N+](=O)[O-])cc21.CC(=O)N1c2ccccc2CCc2ccccc21.CC(=O)OC(C)=O.CCOC(=O)Cl.CCOC(=O)Nc1ccc2c(c1)Nc1ccccc1CC2.CO.O=[N+]([O-])O.c1ccc2c(c1)CCc1ccccc1N2.c1ccc2c(c1)CCc1ccccc1N2. The average molecular weight is 1780 g/mol. The lowest BCUT2D eigenvalue weighted by Crippen LogP contribution is -2.23. The van der Waals surface area contributed by atoms with Gasteiger partial charge in [-0.15, -0.1) is 10.1 Å². The molecule has 0 spiro atoms.